The molecule has 0 heterocycles. The summed E-state index contributed by atoms with van der Waals surface area (Å²) in [7, 11) is 0. The highest BCUT2D eigenvalue weighted by molar-refractivity contribution is 5.27. The molecule has 0 fully saturated rings. The van der Waals surface area contributed by atoms with Gasteiger partial charge in [-0.2, -0.15) is 0 Å². The Balaban J connectivity index is 2.41. The van der Waals surface area contributed by atoms with Crippen molar-refractivity contribution in [3.8, 4) is 5.75 Å². The van der Waals surface area contributed by atoms with E-state index in [0.29, 0.717) is 12.4 Å². The van der Waals surface area contributed by atoms with Crippen LogP contribution in [0.3, 0.4) is 0 Å². The van der Waals surface area contributed by atoms with Crippen LogP contribution in [0, 0.1) is 0 Å². The molecule has 0 aromatic heterocycles. The molecule has 0 saturated heterocycles. The number of aryl methyl sites for hydroxylation is 1. The van der Waals surface area contributed by atoms with Crippen molar-refractivity contribution in [2.24, 2.45) is 5.90 Å². The van der Waals surface area contributed by atoms with Crippen molar-refractivity contribution in [2.75, 3.05) is 6.61 Å². The highest BCUT2D eigenvalue weighted by Gasteiger charge is 1.93. The van der Waals surface area contributed by atoms with Gasteiger partial charge in [0.1, 0.15) is 5.75 Å². The van der Waals surface area contributed by atoms with Crippen LogP contribution >= 0.6 is 0 Å². The summed E-state index contributed by atoms with van der Waals surface area (Å²) in [4.78, 5) is 4.43. The van der Waals surface area contributed by atoms with Gasteiger partial charge >= 0.3 is 0 Å². The molecule has 0 unspecified atom stereocenters. The molecule has 0 spiro atoms. The Hall–Kier alpha value is -1.06. The van der Waals surface area contributed by atoms with Gasteiger partial charge in [0.05, 0.1) is 6.61 Å². The molecule has 0 aliphatic rings. The zero-order valence-corrected chi connectivity index (χ0v) is 6.86. The molecule has 0 atom stereocenters. The number of phenols is 1. The summed E-state index contributed by atoms with van der Waals surface area (Å²) >= 11 is 0. The van der Waals surface area contributed by atoms with E-state index in [2.05, 4.69) is 4.84 Å². The lowest BCUT2D eigenvalue weighted by Crippen LogP contribution is -2.01. The van der Waals surface area contributed by atoms with Crippen LogP contribution in [0.15, 0.2) is 24.3 Å². The third-order valence-corrected chi connectivity index (χ3v) is 1.64. The second kappa shape index (κ2) is 4.74. The van der Waals surface area contributed by atoms with E-state index in [4.69, 9.17) is 11.0 Å². The maximum atomic E-state index is 9.11. The minimum atomic E-state index is 0.307. The molecule has 1 aromatic carbocycles. The molecular weight excluding hydrogens is 154 g/mol. The Bertz CT molecular complexity index is 238. The van der Waals surface area contributed by atoms with E-state index in [1.165, 1.54) is 0 Å². The molecule has 3 N–H and O–H groups in total. The van der Waals surface area contributed by atoms with E-state index in [1.54, 1.807) is 12.1 Å². The van der Waals surface area contributed by atoms with Crippen molar-refractivity contribution in [3.05, 3.63) is 29.8 Å². The van der Waals surface area contributed by atoms with E-state index in [0.717, 1.165) is 18.4 Å². The van der Waals surface area contributed by atoms with Crippen LogP contribution < -0.4 is 5.90 Å². The van der Waals surface area contributed by atoms with E-state index < -0.39 is 0 Å². The Morgan fingerprint density at radius 3 is 2.92 bits per heavy atom. The molecule has 0 radical (unpaired) electrons. The van der Waals surface area contributed by atoms with Crippen molar-refractivity contribution in [1.29, 1.82) is 0 Å². The zero-order valence-electron chi connectivity index (χ0n) is 6.86. The molecule has 3 nitrogen and oxygen atoms in total. The first-order valence-corrected chi connectivity index (χ1v) is 3.92. The van der Waals surface area contributed by atoms with Crippen LogP contribution in [-0.4, -0.2) is 11.7 Å². The summed E-state index contributed by atoms with van der Waals surface area (Å²) in [5, 5.41) is 9.11. The van der Waals surface area contributed by atoms with Crippen molar-refractivity contribution >= 4 is 0 Å². The van der Waals surface area contributed by atoms with Gasteiger partial charge in [-0.05, 0) is 30.5 Å². The van der Waals surface area contributed by atoms with Gasteiger partial charge in [-0.3, -0.25) is 0 Å². The number of benzene rings is 1. The predicted octanol–water partition coefficient (Wildman–Crippen LogP) is 1.22. The number of hydrogen-bond acceptors (Lipinski definition) is 3. The van der Waals surface area contributed by atoms with Crippen molar-refractivity contribution in [3.63, 3.8) is 0 Å². The van der Waals surface area contributed by atoms with Crippen molar-refractivity contribution in [1.82, 2.24) is 0 Å². The van der Waals surface area contributed by atoms with Crippen LogP contribution in [0.5, 0.6) is 5.75 Å². The first-order chi connectivity index (χ1) is 5.83. The average molecular weight is 167 g/mol. The molecular formula is C9H13NO2. The molecule has 0 aliphatic carbocycles. The third kappa shape index (κ3) is 2.90. The Morgan fingerprint density at radius 2 is 2.25 bits per heavy atom. The zero-order chi connectivity index (χ0) is 8.81. The number of phenolic OH excluding ortho intramolecular Hbond substituents is 1. The Morgan fingerprint density at radius 1 is 1.42 bits per heavy atom. The quantitative estimate of drug-likeness (QED) is 0.523. The summed E-state index contributed by atoms with van der Waals surface area (Å²) in [6.07, 6.45) is 1.76. The van der Waals surface area contributed by atoms with Crippen LogP contribution in [0.25, 0.3) is 0 Å². The third-order valence-electron chi connectivity index (χ3n) is 1.64. The molecule has 0 bridgehead atoms. The molecule has 1 aromatic rings. The standard InChI is InChI=1S/C9H13NO2/c10-12-6-2-4-8-3-1-5-9(11)7-8/h1,3,5,7,11H,2,4,6,10H2. The fraction of sp³-hybridized carbons (Fsp3) is 0.333. The Labute approximate surface area is 71.7 Å². The van der Waals surface area contributed by atoms with Crippen LogP contribution in [0.4, 0.5) is 0 Å². The van der Waals surface area contributed by atoms with Gasteiger partial charge in [0.25, 0.3) is 0 Å². The minimum absolute atomic E-state index is 0.307. The smallest absolute Gasteiger partial charge is 0.115 e. The molecule has 0 saturated carbocycles. The summed E-state index contributed by atoms with van der Waals surface area (Å²) < 4.78 is 0. The fourth-order valence-electron chi connectivity index (χ4n) is 1.07. The molecule has 66 valence electrons. The second-order valence-corrected chi connectivity index (χ2v) is 2.64. The van der Waals surface area contributed by atoms with E-state index in [9.17, 15) is 0 Å². The highest BCUT2D eigenvalue weighted by Crippen LogP contribution is 2.11. The van der Waals surface area contributed by atoms with Gasteiger partial charge in [0.2, 0.25) is 0 Å². The predicted molar refractivity (Wildman–Crippen MR) is 46.6 cm³/mol. The maximum absolute atomic E-state index is 9.11. The van der Waals surface area contributed by atoms with Crippen LogP contribution in [0.2, 0.25) is 0 Å². The SMILES string of the molecule is NOCCCc1cccc(O)c1. The van der Waals surface area contributed by atoms with E-state index in [-0.39, 0.29) is 0 Å². The lowest BCUT2D eigenvalue weighted by molar-refractivity contribution is 0.135. The molecule has 1 rings (SSSR count). The summed E-state index contributed by atoms with van der Waals surface area (Å²) in [6.45, 7) is 0.551. The Kier molecular flexibility index (Phi) is 3.57. The van der Waals surface area contributed by atoms with Crippen molar-refractivity contribution < 1.29 is 9.94 Å². The van der Waals surface area contributed by atoms with Gasteiger partial charge in [-0.15, -0.1) is 0 Å². The first-order valence-electron chi connectivity index (χ1n) is 3.92. The van der Waals surface area contributed by atoms with Gasteiger partial charge < -0.3 is 9.94 Å². The number of nitrogens with two attached hydrogens (primary N) is 1. The fourth-order valence-corrected chi connectivity index (χ4v) is 1.07. The average Bonchev–Trinajstić information content (AvgIpc) is 2.05. The first kappa shape index (κ1) is 9.03. The van der Waals surface area contributed by atoms with Gasteiger partial charge in [0, 0.05) is 0 Å². The molecule has 12 heavy (non-hydrogen) atoms. The number of hydrogen-bond donors (Lipinski definition) is 2. The molecule has 3 heteroatoms. The topological polar surface area (TPSA) is 55.5 Å². The minimum Gasteiger partial charge on any atom is -0.508 e. The van der Waals surface area contributed by atoms with Gasteiger partial charge in [-0.25, -0.2) is 5.90 Å². The van der Waals surface area contributed by atoms with Crippen LogP contribution in [0.1, 0.15) is 12.0 Å². The lowest BCUT2D eigenvalue weighted by Gasteiger charge is -2.00. The van der Waals surface area contributed by atoms with Crippen LogP contribution in [-0.2, 0) is 11.3 Å². The molecule has 0 aliphatic heterocycles. The monoisotopic (exact) mass is 167 g/mol. The summed E-state index contributed by atoms with van der Waals surface area (Å²) in [5.74, 6) is 5.18. The van der Waals surface area contributed by atoms with Gasteiger partial charge in [0.15, 0.2) is 0 Å². The van der Waals surface area contributed by atoms with E-state index in [1.807, 2.05) is 12.1 Å². The largest absolute Gasteiger partial charge is 0.508 e. The highest BCUT2D eigenvalue weighted by atomic mass is 16.6. The second-order valence-electron chi connectivity index (χ2n) is 2.64. The summed E-state index contributed by atoms with van der Waals surface area (Å²) in [5.41, 5.74) is 1.10. The number of rotatable bonds is 4. The molecule has 0 amide bonds. The normalized spacial score (nSPS) is 10.1. The summed E-state index contributed by atoms with van der Waals surface area (Å²) in [6, 6.07) is 7.20. The number of aromatic hydroxyl groups is 1. The van der Waals surface area contributed by atoms with E-state index >= 15 is 0 Å². The lowest BCUT2D eigenvalue weighted by atomic mass is 10.1. The maximum Gasteiger partial charge on any atom is 0.115 e. The van der Waals surface area contributed by atoms with Gasteiger partial charge in [-0.1, -0.05) is 12.1 Å². The van der Waals surface area contributed by atoms with Crippen molar-refractivity contribution in [2.45, 2.75) is 12.8 Å².